The highest BCUT2D eigenvalue weighted by Gasteiger charge is 2.34. The van der Waals surface area contributed by atoms with Gasteiger partial charge in [0.25, 0.3) is 11.1 Å². The summed E-state index contributed by atoms with van der Waals surface area (Å²) in [5.74, 6) is 2.49. The Bertz CT molecular complexity index is 983. The molecule has 0 unspecified atom stereocenters. The summed E-state index contributed by atoms with van der Waals surface area (Å²) >= 11 is 10.4. The first-order valence-corrected chi connectivity index (χ1v) is 9.83. The number of thioether (sulfide) groups is 1. The maximum absolute atomic E-state index is 12.4. The molecule has 0 aliphatic carbocycles. The van der Waals surface area contributed by atoms with Crippen LogP contribution in [0.2, 0.25) is 5.02 Å². The molecule has 4 nitrogen and oxygen atoms in total. The molecule has 3 rings (SSSR count). The molecule has 1 aliphatic heterocycles. The number of terminal acetylenes is 1. The Morgan fingerprint density at radius 1 is 1.26 bits per heavy atom. The van der Waals surface area contributed by atoms with Gasteiger partial charge in [-0.25, -0.2) is 0 Å². The number of hydrogen-bond donors (Lipinski definition) is 0. The molecular weight excluding hydrogens is 450 g/mol. The topological polar surface area (TPSA) is 46.6 Å². The van der Waals surface area contributed by atoms with E-state index in [2.05, 4.69) is 21.9 Å². The first-order valence-electron chi connectivity index (χ1n) is 7.84. The predicted molar refractivity (Wildman–Crippen MR) is 111 cm³/mol. The number of halogens is 2. The lowest BCUT2D eigenvalue weighted by atomic mass is 10.1. The van der Waals surface area contributed by atoms with E-state index in [9.17, 15) is 9.59 Å². The van der Waals surface area contributed by atoms with Gasteiger partial charge in [-0.2, -0.15) is 0 Å². The number of hydrogen-bond acceptors (Lipinski definition) is 4. The maximum atomic E-state index is 12.4. The normalized spacial score (nSPS) is 15.3. The number of rotatable bonds is 5. The van der Waals surface area contributed by atoms with Crippen molar-refractivity contribution in [3.05, 3.63) is 68.0 Å². The Balaban J connectivity index is 1.87. The Morgan fingerprint density at radius 3 is 2.78 bits per heavy atom. The minimum absolute atomic E-state index is 0.0453. The summed E-state index contributed by atoms with van der Waals surface area (Å²) < 4.78 is 6.73. The van der Waals surface area contributed by atoms with Crippen LogP contribution in [0.3, 0.4) is 0 Å². The van der Waals surface area contributed by atoms with Crippen molar-refractivity contribution in [3.63, 3.8) is 0 Å². The van der Waals surface area contributed by atoms with Crippen LogP contribution in [-0.4, -0.2) is 22.6 Å². The summed E-state index contributed by atoms with van der Waals surface area (Å²) in [4.78, 5) is 25.7. The van der Waals surface area contributed by atoms with Crippen LogP contribution < -0.4 is 4.74 Å². The fourth-order valence-electron chi connectivity index (χ4n) is 2.40. The van der Waals surface area contributed by atoms with Gasteiger partial charge in [-0.3, -0.25) is 14.5 Å². The highest BCUT2D eigenvalue weighted by atomic mass is 79.9. The molecule has 0 spiro atoms. The number of imide groups is 1. The van der Waals surface area contributed by atoms with E-state index >= 15 is 0 Å². The number of carbonyl (C=O) groups is 2. The Morgan fingerprint density at radius 2 is 2.04 bits per heavy atom. The Kier molecular flexibility index (Phi) is 6.27. The fourth-order valence-corrected chi connectivity index (χ4v) is 3.80. The number of carbonyl (C=O) groups excluding carboxylic acids is 2. The van der Waals surface area contributed by atoms with E-state index in [0.717, 1.165) is 26.7 Å². The number of ether oxygens (including phenoxy) is 1. The van der Waals surface area contributed by atoms with Crippen molar-refractivity contribution in [3.8, 4) is 18.1 Å². The Hall–Kier alpha value is -2.20. The minimum atomic E-state index is -0.403. The SMILES string of the molecule is C#CCN1C(=O)S/C(=C\c2cc(Br)ccc2OCc2ccccc2Cl)C1=O. The van der Waals surface area contributed by atoms with Crippen molar-refractivity contribution in [1.82, 2.24) is 4.90 Å². The minimum Gasteiger partial charge on any atom is -0.488 e. The monoisotopic (exact) mass is 461 g/mol. The molecule has 2 aromatic rings. The first-order chi connectivity index (χ1) is 13.0. The highest BCUT2D eigenvalue weighted by Crippen LogP contribution is 2.35. The number of nitrogens with zero attached hydrogens (tertiary/aromatic N) is 1. The van der Waals surface area contributed by atoms with E-state index in [1.165, 1.54) is 0 Å². The van der Waals surface area contributed by atoms with Crippen LogP contribution in [0.5, 0.6) is 5.75 Å². The summed E-state index contributed by atoms with van der Waals surface area (Å²) in [5.41, 5.74) is 1.52. The summed E-state index contributed by atoms with van der Waals surface area (Å²) in [6.45, 7) is 0.233. The molecule has 1 saturated heterocycles. The smallest absolute Gasteiger partial charge is 0.294 e. The predicted octanol–water partition coefficient (Wildman–Crippen LogP) is 5.35. The average Bonchev–Trinajstić information content (AvgIpc) is 2.90. The van der Waals surface area contributed by atoms with Crippen LogP contribution >= 0.6 is 39.3 Å². The zero-order valence-electron chi connectivity index (χ0n) is 13.9. The number of benzene rings is 2. The summed E-state index contributed by atoms with van der Waals surface area (Å²) in [6, 6.07) is 12.9. The third-order valence-corrected chi connectivity index (χ3v) is 5.49. The molecule has 7 heteroatoms. The molecular formula is C20H13BrClNO3S. The fraction of sp³-hybridized carbons (Fsp3) is 0.100. The molecule has 136 valence electrons. The van der Waals surface area contributed by atoms with Gasteiger partial charge in [-0.1, -0.05) is 51.7 Å². The zero-order chi connectivity index (χ0) is 19.4. The third kappa shape index (κ3) is 4.56. The molecule has 0 aromatic heterocycles. The van der Waals surface area contributed by atoms with Crippen LogP contribution in [0.4, 0.5) is 4.79 Å². The quantitative estimate of drug-likeness (QED) is 0.444. The van der Waals surface area contributed by atoms with Gasteiger partial charge < -0.3 is 4.74 Å². The third-order valence-electron chi connectivity index (χ3n) is 3.72. The Labute approximate surface area is 174 Å². The van der Waals surface area contributed by atoms with Crippen molar-refractivity contribution in [2.24, 2.45) is 0 Å². The molecule has 2 aromatic carbocycles. The second-order valence-corrected chi connectivity index (χ2v) is 7.85. The van der Waals surface area contributed by atoms with Gasteiger partial charge in [-0.05, 0) is 42.1 Å². The number of amides is 2. The first kappa shape index (κ1) is 19.6. The van der Waals surface area contributed by atoms with Gasteiger partial charge in [0.15, 0.2) is 0 Å². The van der Waals surface area contributed by atoms with Crippen LogP contribution in [-0.2, 0) is 11.4 Å². The van der Waals surface area contributed by atoms with Gasteiger partial charge in [-0.15, -0.1) is 6.42 Å². The van der Waals surface area contributed by atoms with Crippen molar-refractivity contribution in [2.45, 2.75) is 6.61 Å². The lowest BCUT2D eigenvalue weighted by molar-refractivity contribution is -0.122. The summed E-state index contributed by atoms with van der Waals surface area (Å²) in [6.07, 6.45) is 6.85. The molecule has 0 atom stereocenters. The largest absolute Gasteiger partial charge is 0.488 e. The van der Waals surface area contributed by atoms with E-state index in [-0.39, 0.29) is 18.4 Å². The summed E-state index contributed by atoms with van der Waals surface area (Å²) in [7, 11) is 0. The van der Waals surface area contributed by atoms with Crippen LogP contribution in [0.25, 0.3) is 6.08 Å². The van der Waals surface area contributed by atoms with Gasteiger partial charge >= 0.3 is 0 Å². The van der Waals surface area contributed by atoms with Crippen molar-refractivity contribution < 1.29 is 14.3 Å². The standard InChI is InChI=1S/C20H13BrClNO3S/c1-2-9-23-19(24)18(27-20(23)25)11-14-10-15(21)7-8-17(14)26-12-13-5-3-4-6-16(13)22/h1,3-8,10-11H,9,12H2/b18-11-. The molecule has 0 radical (unpaired) electrons. The molecule has 0 bridgehead atoms. The van der Waals surface area contributed by atoms with E-state index in [4.69, 9.17) is 22.8 Å². The van der Waals surface area contributed by atoms with Gasteiger partial charge in [0.05, 0.1) is 11.4 Å². The van der Waals surface area contributed by atoms with Crippen molar-refractivity contribution >= 4 is 56.5 Å². The average molecular weight is 463 g/mol. The molecule has 27 heavy (non-hydrogen) atoms. The molecule has 0 N–H and O–H groups in total. The van der Waals surface area contributed by atoms with E-state index in [1.54, 1.807) is 18.2 Å². The summed E-state index contributed by atoms with van der Waals surface area (Å²) in [5, 5.41) is 0.240. The van der Waals surface area contributed by atoms with Crippen LogP contribution in [0.1, 0.15) is 11.1 Å². The zero-order valence-corrected chi connectivity index (χ0v) is 17.1. The van der Waals surface area contributed by atoms with Crippen molar-refractivity contribution in [1.29, 1.82) is 0 Å². The van der Waals surface area contributed by atoms with Crippen LogP contribution in [0.15, 0.2) is 51.8 Å². The lowest BCUT2D eigenvalue weighted by Crippen LogP contribution is -2.28. The second kappa shape index (κ2) is 8.66. The molecule has 1 fully saturated rings. The van der Waals surface area contributed by atoms with E-state index in [1.807, 2.05) is 30.3 Å². The van der Waals surface area contributed by atoms with Crippen LogP contribution in [0, 0.1) is 12.3 Å². The highest BCUT2D eigenvalue weighted by molar-refractivity contribution is 9.10. The lowest BCUT2D eigenvalue weighted by Gasteiger charge is -2.11. The molecule has 1 heterocycles. The second-order valence-electron chi connectivity index (χ2n) is 5.53. The maximum Gasteiger partial charge on any atom is 0.294 e. The van der Waals surface area contributed by atoms with Gasteiger partial charge in [0.2, 0.25) is 0 Å². The van der Waals surface area contributed by atoms with Gasteiger partial charge in [0, 0.05) is 20.6 Å². The van der Waals surface area contributed by atoms with E-state index in [0.29, 0.717) is 21.2 Å². The molecule has 2 amide bonds. The van der Waals surface area contributed by atoms with E-state index < -0.39 is 5.91 Å². The molecule has 1 aliphatic rings. The van der Waals surface area contributed by atoms with Gasteiger partial charge in [0.1, 0.15) is 12.4 Å². The van der Waals surface area contributed by atoms with Crippen molar-refractivity contribution in [2.75, 3.05) is 6.54 Å². The molecule has 0 saturated carbocycles.